The molecule has 21 heavy (non-hydrogen) atoms. The quantitative estimate of drug-likeness (QED) is 0.877. The summed E-state index contributed by atoms with van der Waals surface area (Å²) in [6, 6.07) is 1.71. The lowest BCUT2D eigenvalue weighted by Crippen LogP contribution is -2.37. The van der Waals surface area contributed by atoms with Crippen molar-refractivity contribution in [2.24, 2.45) is 5.92 Å². The van der Waals surface area contributed by atoms with Gasteiger partial charge in [-0.3, -0.25) is 0 Å². The summed E-state index contributed by atoms with van der Waals surface area (Å²) >= 11 is 0. The second kappa shape index (κ2) is 6.50. The first-order valence-corrected chi connectivity index (χ1v) is 9.15. The standard InChI is InChI=1S/C15H26N2O3S/c1-11(2)17-9-15(8-14(17)10-18)21(19,20)16-13-6-4-5-12(3)7-13/h8-9,11-13,16,18H,4-7,10H2,1-3H3. The maximum Gasteiger partial charge on any atom is 0.242 e. The number of sulfonamides is 1. The highest BCUT2D eigenvalue weighted by Crippen LogP contribution is 2.26. The molecule has 0 radical (unpaired) electrons. The Morgan fingerprint density at radius 3 is 2.67 bits per heavy atom. The molecule has 120 valence electrons. The summed E-state index contributed by atoms with van der Waals surface area (Å²) in [5.41, 5.74) is 0.627. The minimum Gasteiger partial charge on any atom is -0.390 e. The predicted octanol–water partition coefficient (Wildman–Crippen LogP) is 2.42. The van der Waals surface area contributed by atoms with Crippen molar-refractivity contribution in [3.63, 3.8) is 0 Å². The normalized spacial score (nSPS) is 23.7. The Morgan fingerprint density at radius 1 is 1.43 bits per heavy atom. The van der Waals surface area contributed by atoms with Crippen molar-refractivity contribution in [1.29, 1.82) is 0 Å². The fraction of sp³-hybridized carbons (Fsp3) is 0.733. The molecule has 2 atom stereocenters. The molecule has 0 saturated heterocycles. The molecule has 0 amide bonds. The van der Waals surface area contributed by atoms with E-state index in [0.29, 0.717) is 11.6 Å². The molecule has 1 aliphatic carbocycles. The summed E-state index contributed by atoms with van der Waals surface area (Å²) in [7, 11) is -3.51. The highest BCUT2D eigenvalue weighted by molar-refractivity contribution is 7.89. The average Bonchev–Trinajstić information content (AvgIpc) is 2.83. The molecule has 1 heterocycles. The Morgan fingerprint density at radius 2 is 2.14 bits per heavy atom. The van der Waals surface area contributed by atoms with Crippen molar-refractivity contribution < 1.29 is 13.5 Å². The van der Waals surface area contributed by atoms with Gasteiger partial charge in [-0.05, 0) is 38.7 Å². The Bertz CT molecular complexity index is 578. The van der Waals surface area contributed by atoms with E-state index in [4.69, 9.17) is 0 Å². The van der Waals surface area contributed by atoms with Gasteiger partial charge < -0.3 is 9.67 Å². The maximum atomic E-state index is 12.5. The molecule has 5 nitrogen and oxygen atoms in total. The van der Waals surface area contributed by atoms with Gasteiger partial charge in [-0.15, -0.1) is 0 Å². The van der Waals surface area contributed by atoms with Crippen molar-refractivity contribution in [3.8, 4) is 0 Å². The lowest BCUT2D eigenvalue weighted by molar-refractivity contribution is 0.268. The number of aliphatic hydroxyl groups is 1. The average molecular weight is 314 g/mol. The monoisotopic (exact) mass is 314 g/mol. The number of aliphatic hydroxyl groups excluding tert-OH is 1. The molecule has 1 fully saturated rings. The highest BCUT2D eigenvalue weighted by atomic mass is 32.2. The van der Waals surface area contributed by atoms with E-state index in [2.05, 4.69) is 11.6 Å². The van der Waals surface area contributed by atoms with Crippen LogP contribution in [0, 0.1) is 5.92 Å². The van der Waals surface area contributed by atoms with Crippen LogP contribution in [0.2, 0.25) is 0 Å². The van der Waals surface area contributed by atoms with Gasteiger partial charge in [0, 0.05) is 24.0 Å². The third kappa shape index (κ3) is 3.87. The van der Waals surface area contributed by atoms with Gasteiger partial charge in [-0.1, -0.05) is 19.8 Å². The van der Waals surface area contributed by atoms with E-state index in [9.17, 15) is 13.5 Å². The molecule has 2 unspecified atom stereocenters. The molecule has 2 rings (SSSR count). The van der Waals surface area contributed by atoms with Crippen LogP contribution >= 0.6 is 0 Å². The van der Waals surface area contributed by atoms with Gasteiger partial charge in [0.1, 0.15) is 0 Å². The van der Waals surface area contributed by atoms with Crippen LogP contribution in [0.15, 0.2) is 17.2 Å². The molecule has 1 aromatic rings. The van der Waals surface area contributed by atoms with Gasteiger partial charge in [0.05, 0.1) is 11.5 Å². The molecule has 2 N–H and O–H groups in total. The fourth-order valence-electron chi connectivity index (χ4n) is 3.08. The largest absolute Gasteiger partial charge is 0.390 e. The van der Waals surface area contributed by atoms with Gasteiger partial charge in [0.15, 0.2) is 0 Å². The first-order valence-electron chi connectivity index (χ1n) is 7.67. The fourth-order valence-corrected chi connectivity index (χ4v) is 4.41. The molecule has 0 bridgehead atoms. The molecule has 1 aromatic heterocycles. The van der Waals surface area contributed by atoms with Gasteiger partial charge >= 0.3 is 0 Å². The smallest absolute Gasteiger partial charge is 0.242 e. The van der Waals surface area contributed by atoms with E-state index in [0.717, 1.165) is 19.3 Å². The van der Waals surface area contributed by atoms with E-state index in [1.54, 1.807) is 16.8 Å². The van der Waals surface area contributed by atoms with Crippen LogP contribution in [0.25, 0.3) is 0 Å². The predicted molar refractivity (Wildman–Crippen MR) is 82.5 cm³/mol. The summed E-state index contributed by atoms with van der Waals surface area (Å²) in [5.74, 6) is 0.569. The van der Waals surface area contributed by atoms with Crippen molar-refractivity contribution in [1.82, 2.24) is 9.29 Å². The third-order valence-corrected chi connectivity index (χ3v) is 5.68. The Kier molecular flexibility index (Phi) is 5.11. The maximum absolute atomic E-state index is 12.5. The summed E-state index contributed by atoms with van der Waals surface area (Å²) in [4.78, 5) is 0.249. The number of hydrogen-bond donors (Lipinski definition) is 2. The van der Waals surface area contributed by atoms with Crippen molar-refractivity contribution >= 4 is 10.0 Å². The molecule has 1 saturated carbocycles. The van der Waals surface area contributed by atoms with Crippen molar-refractivity contribution in [2.45, 2.75) is 70.0 Å². The van der Waals surface area contributed by atoms with Crippen LogP contribution in [-0.4, -0.2) is 24.1 Å². The lowest BCUT2D eigenvalue weighted by atomic mass is 9.88. The van der Waals surface area contributed by atoms with Crippen molar-refractivity contribution in [2.75, 3.05) is 0 Å². The summed E-state index contributed by atoms with van der Waals surface area (Å²) in [6.07, 6.45) is 5.67. The van der Waals surface area contributed by atoms with E-state index in [1.807, 2.05) is 13.8 Å². The van der Waals surface area contributed by atoms with E-state index in [-0.39, 0.29) is 23.6 Å². The third-order valence-electron chi connectivity index (χ3n) is 4.19. The van der Waals surface area contributed by atoms with Crippen LogP contribution in [0.5, 0.6) is 0 Å². The molecular weight excluding hydrogens is 288 g/mol. The van der Waals surface area contributed by atoms with Crippen LogP contribution in [-0.2, 0) is 16.6 Å². The minimum absolute atomic E-state index is 0.0266. The lowest BCUT2D eigenvalue weighted by Gasteiger charge is -2.27. The minimum atomic E-state index is -3.51. The molecule has 0 aromatic carbocycles. The molecule has 0 aliphatic heterocycles. The van der Waals surface area contributed by atoms with Gasteiger partial charge in [0.25, 0.3) is 0 Å². The zero-order valence-corrected chi connectivity index (χ0v) is 13.9. The van der Waals surface area contributed by atoms with E-state index < -0.39 is 10.0 Å². The van der Waals surface area contributed by atoms with E-state index >= 15 is 0 Å². The highest BCUT2D eigenvalue weighted by Gasteiger charge is 2.26. The zero-order valence-electron chi connectivity index (χ0n) is 13.0. The van der Waals surface area contributed by atoms with Crippen LogP contribution in [0.1, 0.15) is 58.2 Å². The number of hydrogen-bond acceptors (Lipinski definition) is 3. The van der Waals surface area contributed by atoms with Gasteiger partial charge in [0.2, 0.25) is 10.0 Å². The summed E-state index contributed by atoms with van der Waals surface area (Å²) < 4.78 is 29.6. The van der Waals surface area contributed by atoms with Gasteiger partial charge in [-0.25, -0.2) is 13.1 Å². The second-order valence-corrected chi connectivity index (χ2v) is 8.13. The van der Waals surface area contributed by atoms with Crippen molar-refractivity contribution in [3.05, 3.63) is 18.0 Å². The van der Waals surface area contributed by atoms with Crippen LogP contribution in [0.3, 0.4) is 0 Å². The van der Waals surface area contributed by atoms with E-state index in [1.165, 1.54) is 6.42 Å². The van der Waals surface area contributed by atoms with Crippen LogP contribution in [0.4, 0.5) is 0 Å². The summed E-state index contributed by atoms with van der Waals surface area (Å²) in [6.45, 7) is 5.94. The molecule has 6 heteroatoms. The molecule has 1 aliphatic rings. The number of nitrogens with one attached hydrogen (secondary N) is 1. The zero-order chi connectivity index (χ0) is 15.6. The Balaban J connectivity index is 2.19. The first kappa shape index (κ1) is 16.5. The topological polar surface area (TPSA) is 71.3 Å². The molecule has 0 spiro atoms. The Hall–Kier alpha value is -0.850. The number of rotatable bonds is 5. The Labute approximate surface area is 127 Å². The number of aromatic nitrogens is 1. The van der Waals surface area contributed by atoms with Gasteiger partial charge in [-0.2, -0.15) is 0 Å². The summed E-state index contributed by atoms with van der Waals surface area (Å²) in [5, 5.41) is 9.37. The SMILES string of the molecule is CC1CCCC(NS(=O)(=O)c2cc(CO)n(C(C)C)c2)C1. The number of nitrogens with zero attached hydrogens (tertiary/aromatic N) is 1. The second-order valence-electron chi connectivity index (χ2n) is 6.42. The molecular formula is C15H26N2O3S. The van der Waals surface area contributed by atoms with Crippen LogP contribution < -0.4 is 4.72 Å². The first-order chi connectivity index (χ1) is 9.83.